The van der Waals surface area contributed by atoms with Gasteiger partial charge in [-0.1, -0.05) is 54.1 Å². The van der Waals surface area contributed by atoms with Gasteiger partial charge in [0.2, 0.25) is 0 Å². The van der Waals surface area contributed by atoms with Gasteiger partial charge in [-0.15, -0.1) is 0 Å². The van der Waals surface area contributed by atoms with E-state index in [4.69, 9.17) is 35.3 Å². The van der Waals surface area contributed by atoms with E-state index in [0.29, 0.717) is 16.5 Å². The Morgan fingerprint density at radius 3 is 1.68 bits per heavy atom. The summed E-state index contributed by atoms with van der Waals surface area (Å²) >= 11 is 7.41. The average molecular weight is 567 g/mol. The van der Waals surface area contributed by atoms with Crippen LogP contribution in [0.2, 0.25) is 5.02 Å². The fourth-order valence-electron chi connectivity index (χ4n) is 5.01. The van der Waals surface area contributed by atoms with E-state index in [0.717, 1.165) is 61.8 Å². The van der Waals surface area contributed by atoms with Gasteiger partial charge < -0.3 is 23.7 Å². The van der Waals surface area contributed by atoms with Crippen molar-refractivity contribution in [2.75, 3.05) is 35.5 Å². The smallest absolute Gasteiger partial charge is 0.126 e. The van der Waals surface area contributed by atoms with Gasteiger partial charge in [-0.2, -0.15) is 0 Å². The number of benzene rings is 5. The highest BCUT2D eigenvalue weighted by molar-refractivity contribution is 6.37. The molecule has 6 heteroatoms. The first-order valence-electron chi connectivity index (χ1n) is 13.0. The topological polar surface area (TPSA) is 46.2 Å². The molecule has 0 aromatic heterocycles. The third kappa shape index (κ3) is 5.54. The van der Waals surface area contributed by atoms with Crippen LogP contribution < -0.4 is 23.7 Å². The predicted molar refractivity (Wildman–Crippen MR) is 166 cm³/mol. The van der Waals surface area contributed by atoms with Crippen molar-refractivity contribution < 1.29 is 23.7 Å². The van der Waals surface area contributed by atoms with Gasteiger partial charge in [-0.05, 0) is 70.8 Å². The molecule has 0 unspecified atom stereocenters. The summed E-state index contributed by atoms with van der Waals surface area (Å²) in [5, 5.41) is 0.600. The van der Waals surface area contributed by atoms with Gasteiger partial charge >= 0.3 is 0 Å². The number of rotatable bonds is 9. The second-order valence-electron chi connectivity index (χ2n) is 9.30. The van der Waals surface area contributed by atoms with Gasteiger partial charge in [0.1, 0.15) is 28.7 Å². The number of methoxy groups -OCH3 is 5. The molecule has 0 radical (unpaired) electrons. The summed E-state index contributed by atoms with van der Waals surface area (Å²) in [6.45, 7) is 0. The van der Waals surface area contributed by atoms with Gasteiger partial charge in [0.15, 0.2) is 0 Å². The Kier molecular flexibility index (Phi) is 8.37. The Labute approximate surface area is 245 Å². The summed E-state index contributed by atoms with van der Waals surface area (Å²) < 4.78 is 28.2. The van der Waals surface area contributed by atoms with E-state index >= 15 is 0 Å². The molecular weight excluding hydrogens is 536 g/mol. The van der Waals surface area contributed by atoms with E-state index in [1.54, 1.807) is 35.5 Å². The molecule has 0 amide bonds. The van der Waals surface area contributed by atoms with Crippen molar-refractivity contribution in [2.45, 2.75) is 0 Å². The Hall–Kier alpha value is -4.61. The largest absolute Gasteiger partial charge is 0.497 e. The van der Waals surface area contributed by atoms with Gasteiger partial charge in [0.05, 0.1) is 40.6 Å². The minimum atomic E-state index is 0.600. The molecule has 5 aromatic carbocycles. The van der Waals surface area contributed by atoms with E-state index in [-0.39, 0.29) is 0 Å². The summed E-state index contributed by atoms with van der Waals surface area (Å²) in [5.74, 6) is 3.56. The lowest BCUT2D eigenvalue weighted by molar-refractivity contribution is 0.394. The van der Waals surface area contributed by atoms with Crippen LogP contribution in [0.5, 0.6) is 28.7 Å². The summed E-state index contributed by atoms with van der Waals surface area (Å²) in [5.41, 5.74) is 7.20. The van der Waals surface area contributed by atoms with E-state index in [9.17, 15) is 0 Å². The zero-order valence-corrected chi connectivity index (χ0v) is 24.4. The molecule has 0 N–H and O–H groups in total. The molecule has 5 aromatic rings. The van der Waals surface area contributed by atoms with Crippen molar-refractivity contribution in [3.8, 4) is 73.3 Å². The monoisotopic (exact) mass is 566 g/mol. The lowest BCUT2D eigenvalue weighted by atomic mass is 9.84. The molecule has 0 aliphatic rings. The number of halogens is 1. The van der Waals surface area contributed by atoms with Crippen molar-refractivity contribution in [1.29, 1.82) is 0 Å². The highest BCUT2D eigenvalue weighted by Crippen LogP contribution is 2.51. The first kappa shape index (κ1) is 27.9. The van der Waals surface area contributed by atoms with E-state index < -0.39 is 0 Å². The highest BCUT2D eigenvalue weighted by atomic mass is 35.5. The maximum Gasteiger partial charge on any atom is 0.126 e. The van der Waals surface area contributed by atoms with E-state index in [1.165, 1.54) is 0 Å². The highest BCUT2D eigenvalue weighted by Gasteiger charge is 2.24. The van der Waals surface area contributed by atoms with E-state index in [2.05, 4.69) is 6.07 Å². The van der Waals surface area contributed by atoms with Crippen molar-refractivity contribution in [1.82, 2.24) is 0 Å². The fourth-order valence-corrected chi connectivity index (χ4v) is 5.38. The minimum Gasteiger partial charge on any atom is -0.497 e. The minimum absolute atomic E-state index is 0.600. The average Bonchev–Trinajstić information content (AvgIpc) is 3.04. The molecule has 0 atom stereocenters. The number of ether oxygens (including phenoxy) is 5. The first-order chi connectivity index (χ1) is 20.0. The van der Waals surface area contributed by atoms with Crippen LogP contribution in [-0.4, -0.2) is 35.5 Å². The Morgan fingerprint density at radius 2 is 1.05 bits per heavy atom. The maximum absolute atomic E-state index is 7.41. The molecule has 0 aliphatic carbocycles. The van der Waals surface area contributed by atoms with Crippen LogP contribution in [0.15, 0.2) is 97.1 Å². The standard InChI is InChI=1S/C35H31ClO5/c1-37-25-15-13-22(14-16-25)31-21-30(24-18-27(39-3)20-28(19-24)40-4)34(29-11-6-7-12-32(29)41-5)33(35(31)36)23-9-8-10-26(17-23)38-2/h6-21H,1-5H3. The van der Waals surface area contributed by atoms with Crippen LogP contribution in [-0.2, 0) is 0 Å². The molecule has 0 saturated heterocycles. The zero-order valence-electron chi connectivity index (χ0n) is 23.7. The molecule has 0 aliphatic heterocycles. The SMILES string of the molecule is COc1ccc(-c2cc(-c3cc(OC)cc(OC)c3)c(-c3ccccc3OC)c(-c3cccc(OC)c3)c2Cl)cc1. The lowest BCUT2D eigenvalue weighted by Gasteiger charge is -2.23. The van der Waals surface area contributed by atoms with Crippen molar-refractivity contribution in [3.63, 3.8) is 0 Å². The fraction of sp³-hybridized carbons (Fsp3) is 0.143. The molecule has 208 valence electrons. The Bertz CT molecular complexity index is 1660. The van der Waals surface area contributed by atoms with Crippen molar-refractivity contribution in [2.24, 2.45) is 0 Å². The lowest BCUT2D eigenvalue weighted by Crippen LogP contribution is -1.98. The number of hydrogen-bond acceptors (Lipinski definition) is 5. The summed E-state index contributed by atoms with van der Waals surface area (Å²) in [4.78, 5) is 0. The second-order valence-corrected chi connectivity index (χ2v) is 9.68. The van der Waals surface area contributed by atoms with Gasteiger partial charge in [-0.25, -0.2) is 0 Å². The van der Waals surface area contributed by atoms with Gasteiger partial charge in [0.25, 0.3) is 0 Å². The van der Waals surface area contributed by atoms with Gasteiger partial charge in [0, 0.05) is 28.3 Å². The Morgan fingerprint density at radius 1 is 0.415 bits per heavy atom. The van der Waals surface area contributed by atoms with Crippen LogP contribution in [0.3, 0.4) is 0 Å². The predicted octanol–water partition coefficient (Wildman–Crippen LogP) is 9.05. The molecule has 41 heavy (non-hydrogen) atoms. The summed E-state index contributed by atoms with van der Waals surface area (Å²) in [7, 11) is 8.27. The number of hydrogen-bond donors (Lipinski definition) is 0. The summed E-state index contributed by atoms with van der Waals surface area (Å²) in [6, 6.07) is 31.7. The van der Waals surface area contributed by atoms with Crippen molar-refractivity contribution in [3.05, 3.63) is 102 Å². The maximum atomic E-state index is 7.41. The third-order valence-corrected chi connectivity index (χ3v) is 7.45. The van der Waals surface area contributed by atoms with Crippen molar-refractivity contribution >= 4 is 11.6 Å². The van der Waals surface area contributed by atoms with Crippen LogP contribution in [0.4, 0.5) is 0 Å². The van der Waals surface area contributed by atoms with Crippen LogP contribution >= 0.6 is 11.6 Å². The number of para-hydroxylation sites is 1. The zero-order chi connectivity index (χ0) is 28.9. The van der Waals surface area contributed by atoms with Crippen LogP contribution in [0.1, 0.15) is 0 Å². The molecule has 0 spiro atoms. The molecule has 0 fully saturated rings. The van der Waals surface area contributed by atoms with E-state index in [1.807, 2.05) is 91.0 Å². The van der Waals surface area contributed by atoms with Crippen LogP contribution in [0.25, 0.3) is 44.5 Å². The quantitative estimate of drug-likeness (QED) is 0.178. The molecular formula is C35H31ClO5. The summed E-state index contributed by atoms with van der Waals surface area (Å²) in [6.07, 6.45) is 0. The second kappa shape index (κ2) is 12.3. The molecule has 0 bridgehead atoms. The normalized spacial score (nSPS) is 10.7. The third-order valence-electron chi connectivity index (χ3n) is 7.06. The molecule has 0 heterocycles. The van der Waals surface area contributed by atoms with Gasteiger partial charge in [-0.3, -0.25) is 0 Å². The Balaban J connectivity index is 1.96. The molecule has 5 rings (SSSR count). The first-order valence-corrected chi connectivity index (χ1v) is 13.4. The molecule has 5 nitrogen and oxygen atoms in total. The molecule has 0 saturated carbocycles. The van der Waals surface area contributed by atoms with Crippen LogP contribution in [0, 0.1) is 0 Å².